The lowest BCUT2D eigenvalue weighted by Gasteiger charge is -2.12. The topological polar surface area (TPSA) is 131 Å². The fraction of sp³-hybridized carbons (Fsp3) is 0.500. The molecule has 21 heavy (non-hydrogen) atoms. The maximum Gasteiger partial charge on any atom is 0.344 e. The van der Waals surface area contributed by atoms with Gasteiger partial charge in [0, 0.05) is 20.1 Å². The maximum absolute atomic E-state index is 11.7. The standard InChI is InChI=1S/C10H17N9OS/c1-5(2)19-9(20)16-17-10(19)21-8-13-6(15-11)12-7(14-8)18(3)4/h5H,11H2,1-4H3,(H,16,20)(H,12,13,14,15). The van der Waals surface area contributed by atoms with E-state index in [1.165, 1.54) is 4.57 Å². The van der Waals surface area contributed by atoms with Crippen LogP contribution in [0, 0.1) is 0 Å². The normalized spacial score (nSPS) is 11.0. The second-order valence-corrected chi connectivity index (χ2v) is 5.59. The molecule has 0 aliphatic rings. The summed E-state index contributed by atoms with van der Waals surface area (Å²) in [5, 5.41) is 7.28. The van der Waals surface area contributed by atoms with Gasteiger partial charge in [0.2, 0.25) is 17.1 Å². The van der Waals surface area contributed by atoms with Crippen molar-refractivity contribution in [1.29, 1.82) is 0 Å². The summed E-state index contributed by atoms with van der Waals surface area (Å²) in [6.45, 7) is 3.79. The number of nitrogen functional groups attached to an aromatic ring is 1. The summed E-state index contributed by atoms with van der Waals surface area (Å²) in [6.07, 6.45) is 0. The Labute approximate surface area is 125 Å². The van der Waals surface area contributed by atoms with Crippen molar-refractivity contribution in [1.82, 2.24) is 29.7 Å². The molecule has 11 heteroatoms. The average molecular weight is 311 g/mol. The van der Waals surface area contributed by atoms with Crippen molar-refractivity contribution in [2.24, 2.45) is 5.84 Å². The van der Waals surface area contributed by atoms with Gasteiger partial charge >= 0.3 is 5.69 Å². The van der Waals surface area contributed by atoms with Crippen LogP contribution in [-0.2, 0) is 0 Å². The molecule has 4 N–H and O–H groups in total. The SMILES string of the molecule is CC(C)n1c(Sc2nc(NN)nc(N(C)C)n2)n[nH]c1=O. The fourth-order valence-corrected chi connectivity index (χ4v) is 2.46. The van der Waals surface area contributed by atoms with Gasteiger partial charge in [-0.15, -0.1) is 5.10 Å². The van der Waals surface area contributed by atoms with Crippen LogP contribution in [0.3, 0.4) is 0 Å². The number of nitrogens with two attached hydrogens (primary N) is 1. The van der Waals surface area contributed by atoms with Crippen LogP contribution in [-0.4, -0.2) is 43.8 Å². The molecule has 2 heterocycles. The van der Waals surface area contributed by atoms with Gasteiger partial charge in [-0.1, -0.05) is 0 Å². The molecule has 0 aromatic carbocycles. The largest absolute Gasteiger partial charge is 0.347 e. The summed E-state index contributed by atoms with van der Waals surface area (Å²) in [7, 11) is 3.62. The van der Waals surface area contributed by atoms with E-state index in [0.717, 1.165) is 11.8 Å². The smallest absolute Gasteiger partial charge is 0.344 e. The highest BCUT2D eigenvalue weighted by Gasteiger charge is 2.16. The van der Waals surface area contributed by atoms with Crippen LogP contribution in [0.1, 0.15) is 19.9 Å². The van der Waals surface area contributed by atoms with E-state index < -0.39 is 0 Å². The van der Waals surface area contributed by atoms with Crippen LogP contribution in [0.4, 0.5) is 11.9 Å². The van der Waals surface area contributed by atoms with E-state index in [1.807, 2.05) is 27.9 Å². The van der Waals surface area contributed by atoms with Crippen LogP contribution in [0.5, 0.6) is 0 Å². The number of rotatable bonds is 5. The first-order valence-corrected chi connectivity index (χ1v) is 6.98. The Morgan fingerprint density at radius 2 is 2.05 bits per heavy atom. The van der Waals surface area contributed by atoms with E-state index in [0.29, 0.717) is 16.3 Å². The molecule has 0 fully saturated rings. The molecule has 0 bridgehead atoms. The number of hydrogen-bond donors (Lipinski definition) is 3. The molecule has 0 aliphatic heterocycles. The van der Waals surface area contributed by atoms with Gasteiger partial charge in [-0.05, 0) is 25.6 Å². The molecule has 2 aromatic rings. The molecule has 0 atom stereocenters. The average Bonchev–Trinajstić information content (AvgIpc) is 2.79. The zero-order chi connectivity index (χ0) is 15.6. The van der Waals surface area contributed by atoms with Crippen molar-refractivity contribution in [3.05, 3.63) is 10.5 Å². The van der Waals surface area contributed by atoms with Crippen LogP contribution >= 0.6 is 11.8 Å². The minimum absolute atomic E-state index is 0.0268. The summed E-state index contributed by atoms with van der Waals surface area (Å²) in [4.78, 5) is 26.0. The number of hydrazine groups is 1. The van der Waals surface area contributed by atoms with Gasteiger partial charge in [0.05, 0.1) is 0 Å². The summed E-state index contributed by atoms with van der Waals surface area (Å²) >= 11 is 1.16. The minimum Gasteiger partial charge on any atom is -0.347 e. The predicted octanol–water partition coefficient (Wildman–Crippen LogP) is -0.160. The Bertz CT molecular complexity index is 677. The van der Waals surface area contributed by atoms with Gasteiger partial charge in [-0.3, -0.25) is 9.99 Å². The van der Waals surface area contributed by atoms with Gasteiger partial charge in [-0.25, -0.2) is 15.7 Å². The second-order valence-electron chi connectivity index (χ2n) is 4.66. The highest BCUT2D eigenvalue weighted by atomic mass is 32.2. The number of H-pyrrole nitrogens is 1. The third-order valence-electron chi connectivity index (χ3n) is 2.50. The number of anilines is 2. The molecule has 0 saturated carbocycles. The highest BCUT2D eigenvalue weighted by molar-refractivity contribution is 7.99. The quantitative estimate of drug-likeness (QED) is 0.509. The third-order valence-corrected chi connectivity index (χ3v) is 3.34. The number of nitrogens with one attached hydrogen (secondary N) is 2. The first-order chi connectivity index (χ1) is 9.92. The second kappa shape index (κ2) is 6.10. The third kappa shape index (κ3) is 3.31. The van der Waals surface area contributed by atoms with Crippen molar-refractivity contribution in [2.75, 3.05) is 24.4 Å². The zero-order valence-electron chi connectivity index (χ0n) is 12.2. The van der Waals surface area contributed by atoms with Crippen LogP contribution < -0.4 is 21.9 Å². The maximum atomic E-state index is 11.7. The van der Waals surface area contributed by atoms with Gasteiger partial charge in [0.1, 0.15) is 0 Å². The predicted molar refractivity (Wildman–Crippen MR) is 79.3 cm³/mol. The molecule has 0 unspecified atom stereocenters. The molecular formula is C10H17N9OS. The Morgan fingerprint density at radius 1 is 1.33 bits per heavy atom. The Morgan fingerprint density at radius 3 is 2.62 bits per heavy atom. The molecule has 0 radical (unpaired) electrons. The van der Waals surface area contributed by atoms with Crippen molar-refractivity contribution >= 4 is 23.7 Å². The summed E-state index contributed by atoms with van der Waals surface area (Å²) in [6, 6.07) is -0.0268. The van der Waals surface area contributed by atoms with E-state index in [4.69, 9.17) is 5.84 Å². The number of nitrogens with zero attached hydrogens (tertiary/aromatic N) is 6. The van der Waals surface area contributed by atoms with E-state index in [1.54, 1.807) is 4.90 Å². The van der Waals surface area contributed by atoms with Crippen molar-refractivity contribution in [3.8, 4) is 0 Å². The van der Waals surface area contributed by atoms with Gasteiger partial charge in [0.15, 0.2) is 5.16 Å². The molecule has 0 saturated heterocycles. The summed E-state index contributed by atoms with van der Waals surface area (Å²) in [5.41, 5.74) is 2.12. The number of aromatic amines is 1. The van der Waals surface area contributed by atoms with E-state index >= 15 is 0 Å². The Balaban J connectivity index is 2.40. The van der Waals surface area contributed by atoms with Gasteiger partial charge in [-0.2, -0.15) is 15.0 Å². The van der Waals surface area contributed by atoms with Crippen LogP contribution in [0.25, 0.3) is 0 Å². The van der Waals surface area contributed by atoms with Crippen molar-refractivity contribution in [2.45, 2.75) is 30.2 Å². The lowest BCUT2D eigenvalue weighted by atomic mass is 10.4. The van der Waals surface area contributed by atoms with Crippen molar-refractivity contribution in [3.63, 3.8) is 0 Å². The van der Waals surface area contributed by atoms with E-state index in [9.17, 15) is 4.79 Å². The molecule has 0 spiro atoms. The molecule has 0 amide bonds. The molecule has 2 aromatic heterocycles. The van der Waals surface area contributed by atoms with Crippen LogP contribution in [0.2, 0.25) is 0 Å². The summed E-state index contributed by atoms with van der Waals surface area (Å²) in [5.74, 6) is 6.05. The molecule has 2 rings (SSSR count). The highest BCUT2D eigenvalue weighted by Crippen LogP contribution is 2.25. The van der Waals surface area contributed by atoms with E-state index in [-0.39, 0.29) is 17.7 Å². The lowest BCUT2D eigenvalue weighted by molar-refractivity contribution is 0.533. The van der Waals surface area contributed by atoms with E-state index in [2.05, 4.69) is 30.6 Å². The fourth-order valence-electron chi connectivity index (χ4n) is 1.56. The van der Waals surface area contributed by atoms with Gasteiger partial charge < -0.3 is 4.90 Å². The minimum atomic E-state index is -0.272. The molecule has 114 valence electrons. The monoisotopic (exact) mass is 311 g/mol. The molecular weight excluding hydrogens is 294 g/mol. The Kier molecular flexibility index (Phi) is 4.43. The summed E-state index contributed by atoms with van der Waals surface area (Å²) < 4.78 is 1.53. The number of hydrogen-bond acceptors (Lipinski definition) is 9. The zero-order valence-corrected chi connectivity index (χ0v) is 13.0. The first-order valence-electron chi connectivity index (χ1n) is 6.17. The van der Waals surface area contributed by atoms with Gasteiger partial charge in [0.25, 0.3) is 0 Å². The molecule has 10 nitrogen and oxygen atoms in total. The molecule has 0 aliphatic carbocycles. The Hall–Kier alpha value is -2.14. The lowest BCUT2D eigenvalue weighted by Crippen LogP contribution is -2.20. The van der Waals surface area contributed by atoms with Crippen molar-refractivity contribution < 1.29 is 0 Å². The van der Waals surface area contributed by atoms with Crippen LogP contribution in [0.15, 0.2) is 15.1 Å². The first kappa shape index (κ1) is 15.3. The number of aromatic nitrogens is 6.